The Morgan fingerprint density at radius 3 is 2.19 bits per heavy atom. The summed E-state index contributed by atoms with van der Waals surface area (Å²) in [6, 6.07) is -0.787. The van der Waals surface area contributed by atoms with E-state index < -0.39 is 67.6 Å². The third kappa shape index (κ3) is 5.82. The second-order valence-corrected chi connectivity index (χ2v) is 9.19. The number of alkyl halides is 3. The lowest BCUT2D eigenvalue weighted by Gasteiger charge is -2.40. The molecule has 0 bridgehead atoms. The van der Waals surface area contributed by atoms with E-state index >= 15 is 0 Å². The van der Waals surface area contributed by atoms with Crippen LogP contribution in [0.25, 0.3) is 17.1 Å². The number of nitrogens with zero attached hydrogens (tertiary/aromatic N) is 3. The van der Waals surface area contributed by atoms with Crippen molar-refractivity contribution in [1.29, 1.82) is 0 Å². The number of hydrazine groups is 1. The summed E-state index contributed by atoms with van der Waals surface area (Å²) in [4.78, 5) is 24.6. The van der Waals surface area contributed by atoms with Gasteiger partial charge in [-0.1, -0.05) is 33.3 Å². The van der Waals surface area contributed by atoms with Crippen LogP contribution >= 0.6 is 10.2 Å². The molecule has 0 saturated heterocycles. The Kier molecular flexibility index (Phi) is 5.73. The van der Waals surface area contributed by atoms with Crippen molar-refractivity contribution >= 4 is 27.6 Å². The van der Waals surface area contributed by atoms with E-state index in [0.717, 1.165) is 0 Å². The topological polar surface area (TPSA) is 103 Å². The number of halogens is 8. The minimum absolute atomic E-state index is 0.146. The molecule has 1 aromatic heterocycles. The molecule has 0 aliphatic heterocycles. The molecule has 0 saturated carbocycles. The summed E-state index contributed by atoms with van der Waals surface area (Å²) in [5.74, 6) is 1.69. The van der Waals surface area contributed by atoms with Gasteiger partial charge in [0.2, 0.25) is 0 Å². The van der Waals surface area contributed by atoms with Crippen molar-refractivity contribution < 1.29 is 42.2 Å². The molecular formula is C16H15F8N5O2S. The van der Waals surface area contributed by atoms with Crippen LogP contribution in [0.5, 0.6) is 0 Å². The standard InChI is InChI=1S/C16H15F8N5O2S/c1-8(2)14(31)12(6-13(30)27-25)29-7-26-15(28-29)9-3-10(16(17,18)19)5-11(4-9)32(20,21,22,23)24/h3-8H,25H2,1-2H3,(H,27,30)/b12-6-. The van der Waals surface area contributed by atoms with Crippen LogP contribution in [-0.4, -0.2) is 26.5 Å². The van der Waals surface area contributed by atoms with E-state index in [-0.39, 0.29) is 12.1 Å². The van der Waals surface area contributed by atoms with Crippen LogP contribution in [0.3, 0.4) is 0 Å². The zero-order valence-corrected chi connectivity index (χ0v) is 16.9. The first kappa shape index (κ1) is 25.3. The number of rotatable bonds is 6. The van der Waals surface area contributed by atoms with Crippen molar-refractivity contribution in [3.8, 4) is 11.4 Å². The van der Waals surface area contributed by atoms with Crippen LogP contribution in [-0.2, 0) is 15.8 Å². The quantitative estimate of drug-likeness (QED) is 0.200. The minimum Gasteiger partial charge on any atom is -0.292 e. The molecule has 0 spiro atoms. The number of carbonyl (C=O) groups is 2. The molecule has 2 rings (SSSR count). The van der Waals surface area contributed by atoms with Gasteiger partial charge in [-0.05, 0) is 18.2 Å². The Morgan fingerprint density at radius 2 is 1.72 bits per heavy atom. The molecule has 0 atom stereocenters. The highest BCUT2D eigenvalue weighted by atomic mass is 32.5. The van der Waals surface area contributed by atoms with Gasteiger partial charge in [0.25, 0.3) is 5.91 Å². The maximum atomic E-state index is 13.2. The number of nitrogens with two attached hydrogens (primary N) is 1. The fourth-order valence-electron chi connectivity index (χ4n) is 2.34. The maximum Gasteiger partial charge on any atom is 0.416 e. The number of amides is 1. The summed E-state index contributed by atoms with van der Waals surface area (Å²) >= 11 is 0. The second-order valence-electron chi connectivity index (χ2n) is 6.78. The number of carbonyl (C=O) groups excluding carboxylic acids is 2. The normalized spacial score (nSPS) is 15.3. The molecule has 0 fully saturated rings. The summed E-state index contributed by atoms with van der Waals surface area (Å²) in [6.07, 6.45) is -4.01. The third-order valence-electron chi connectivity index (χ3n) is 3.86. The molecule has 178 valence electrons. The summed E-state index contributed by atoms with van der Waals surface area (Å²) in [5.41, 5.74) is -1.82. The average molecular weight is 493 g/mol. The van der Waals surface area contributed by atoms with Crippen LogP contribution in [0.4, 0.5) is 32.6 Å². The van der Waals surface area contributed by atoms with E-state index in [2.05, 4.69) is 10.1 Å². The predicted octanol–water partition coefficient (Wildman–Crippen LogP) is 4.68. The Labute approximate surface area is 175 Å². The number of nitrogens with one attached hydrogen (secondary N) is 1. The number of Topliss-reactive ketones (excluding diaryl/α,β-unsaturated/α-hetero) is 1. The van der Waals surface area contributed by atoms with Gasteiger partial charge < -0.3 is 0 Å². The van der Waals surface area contributed by atoms with E-state index in [0.29, 0.717) is 17.1 Å². The van der Waals surface area contributed by atoms with Gasteiger partial charge >= 0.3 is 16.4 Å². The number of benzene rings is 1. The Balaban J connectivity index is 2.72. The average Bonchev–Trinajstić information content (AvgIpc) is 3.12. The van der Waals surface area contributed by atoms with Gasteiger partial charge in [0.05, 0.1) is 5.56 Å². The van der Waals surface area contributed by atoms with Crippen LogP contribution in [0, 0.1) is 5.92 Å². The molecule has 1 amide bonds. The van der Waals surface area contributed by atoms with Gasteiger partial charge in [0.15, 0.2) is 11.6 Å². The van der Waals surface area contributed by atoms with Gasteiger partial charge in [0, 0.05) is 17.6 Å². The Bertz CT molecular complexity index is 1110. The molecule has 16 heteroatoms. The van der Waals surface area contributed by atoms with Crippen LogP contribution in [0.1, 0.15) is 19.4 Å². The number of hydrogen-bond acceptors (Lipinski definition) is 5. The molecule has 2 aromatic rings. The van der Waals surface area contributed by atoms with Crippen molar-refractivity contribution in [2.24, 2.45) is 11.8 Å². The molecule has 1 aromatic carbocycles. The molecule has 0 aliphatic rings. The van der Waals surface area contributed by atoms with Crippen molar-refractivity contribution in [1.82, 2.24) is 20.2 Å². The maximum absolute atomic E-state index is 13.2. The predicted molar refractivity (Wildman–Crippen MR) is 98.3 cm³/mol. The number of allylic oxidation sites excluding steroid dienone is 1. The van der Waals surface area contributed by atoms with Crippen molar-refractivity contribution in [3.05, 3.63) is 36.2 Å². The highest BCUT2D eigenvalue weighted by molar-refractivity contribution is 8.45. The fraction of sp³-hybridized carbons (Fsp3) is 0.250. The van der Waals surface area contributed by atoms with Gasteiger partial charge in [0.1, 0.15) is 16.9 Å². The van der Waals surface area contributed by atoms with E-state index in [1.807, 2.05) is 0 Å². The van der Waals surface area contributed by atoms with Crippen molar-refractivity contribution in [2.45, 2.75) is 24.9 Å². The smallest absolute Gasteiger partial charge is 0.292 e. The van der Waals surface area contributed by atoms with E-state index in [1.165, 1.54) is 13.8 Å². The van der Waals surface area contributed by atoms with Crippen molar-refractivity contribution in [3.63, 3.8) is 0 Å². The second kappa shape index (κ2) is 7.26. The number of aromatic nitrogens is 3. The largest absolute Gasteiger partial charge is 0.416 e. The lowest BCUT2D eigenvalue weighted by Crippen LogP contribution is -2.29. The lowest BCUT2D eigenvalue weighted by atomic mass is 10.1. The monoisotopic (exact) mass is 493 g/mol. The summed E-state index contributed by atoms with van der Waals surface area (Å²) in [7, 11) is -10.5. The first-order valence-electron chi connectivity index (χ1n) is 8.38. The molecule has 32 heavy (non-hydrogen) atoms. The van der Waals surface area contributed by atoms with E-state index in [9.17, 15) is 42.2 Å². The zero-order valence-electron chi connectivity index (χ0n) is 16.1. The fourth-order valence-corrected chi connectivity index (χ4v) is 3.04. The van der Waals surface area contributed by atoms with E-state index in [1.54, 1.807) is 5.43 Å². The molecule has 1 heterocycles. The molecule has 0 radical (unpaired) electrons. The van der Waals surface area contributed by atoms with Gasteiger partial charge in [-0.25, -0.2) is 15.5 Å². The molecule has 0 aliphatic carbocycles. The highest BCUT2D eigenvalue weighted by Gasteiger charge is 2.66. The minimum atomic E-state index is -10.5. The van der Waals surface area contributed by atoms with Crippen LogP contribution < -0.4 is 11.3 Å². The Morgan fingerprint density at radius 1 is 1.12 bits per heavy atom. The molecule has 0 unspecified atom stereocenters. The Hall–Kier alpha value is -3.01. The van der Waals surface area contributed by atoms with E-state index in [4.69, 9.17) is 5.84 Å². The molecule has 7 nitrogen and oxygen atoms in total. The van der Waals surface area contributed by atoms with Gasteiger partial charge in [-0.3, -0.25) is 15.0 Å². The highest BCUT2D eigenvalue weighted by Crippen LogP contribution is 3.02. The number of hydrogen-bond donors (Lipinski definition) is 2. The summed E-state index contributed by atoms with van der Waals surface area (Å²) in [6.45, 7) is 2.87. The van der Waals surface area contributed by atoms with Gasteiger partial charge in [-0.2, -0.15) is 13.2 Å². The lowest BCUT2D eigenvalue weighted by molar-refractivity contribution is -0.137. The van der Waals surface area contributed by atoms with Crippen LogP contribution in [0.15, 0.2) is 35.5 Å². The van der Waals surface area contributed by atoms with Gasteiger partial charge in [-0.15, -0.1) is 5.10 Å². The van der Waals surface area contributed by atoms with Crippen LogP contribution in [0.2, 0.25) is 0 Å². The third-order valence-corrected chi connectivity index (χ3v) is 4.99. The summed E-state index contributed by atoms with van der Waals surface area (Å²) < 4.78 is 106. The number of ketones is 1. The SMILES string of the molecule is CC(C)C(=O)/C(=C/C(=O)NN)n1cnc(-c2cc(C(F)(F)F)cc(S(F)(F)(F)(F)F)c2)n1. The first-order chi connectivity index (χ1) is 14.2. The molecular weight excluding hydrogens is 478 g/mol. The first-order valence-corrected chi connectivity index (χ1v) is 10.3. The molecule has 3 N–H and O–H groups in total. The zero-order chi connectivity index (χ0) is 24.8. The van der Waals surface area contributed by atoms with Crippen molar-refractivity contribution in [2.75, 3.05) is 0 Å². The summed E-state index contributed by atoms with van der Waals surface area (Å²) in [5, 5.41) is 3.59.